The maximum absolute atomic E-state index is 2.39. The molecule has 6 rings (SSSR count). The zero-order valence-corrected chi connectivity index (χ0v) is 41.9. The molecule has 6 aliphatic carbocycles. The predicted molar refractivity (Wildman–Crippen MR) is 248 cm³/mol. The molecule has 54 heavy (non-hydrogen) atoms. The van der Waals surface area contributed by atoms with Crippen LogP contribution < -0.4 is 0 Å². The van der Waals surface area contributed by atoms with E-state index in [2.05, 4.69) is 145 Å². The number of hydrogen-bond acceptors (Lipinski definition) is 0. The van der Waals surface area contributed by atoms with Crippen LogP contribution in [0.4, 0.5) is 0 Å². The molecule has 0 heterocycles. The lowest BCUT2D eigenvalue weighted by Crippen LogP contribution is -2.39. The molecule has 324 valence electrons. The Morgan fingerprint density at radius 3 is 0.574 bits per heavy atom. The number of hydrogen-bond donors (Lipinski definition) is 0. The van der Waals surface area contributed by atoms with Crippen LogP contribution in [0, 0.1) is 85.8 Å². The summed E-state index contributed by atoms with van der Waals surface area (Å²) in [5, 5.41) is 0. The molecule has 0 aromatic carbocycles. The van der Waals surface area contributed by atoms with Crippen LogP contribution in [0.2, 0.25) is 0 Å². The van der Waals surface area contributed by atoms with E-state index in [0.717, 1.165) is 64.1 Å². The average molecular weight is 757 g/mol. The molecule has 0 amide bonds. The maximum Gasteiger partial charge on any atom is -0.0251 e. The monoisotopic (exact) mass is 757 g/mol. The second-order valence-corrected chi connectivity index (χ2v) is 25.2. The molecule has 0 nitrogen and oxygen atoms in total. The molecule has 0 bridgehead atoms. The molecule has 0 heteroatoms. The van der Waals surface area contributed by atoms with Crippen molar-refractivity contribution in [3.63, 3.8) is 0 Å². The van der Waals surface area contributed by atoms with Crippen molar-refractivity contribution in [3.8, 4) is 0 Å². The molecule has 0 radical (unpaired) electrons. The van der Waals surface area contributed by atoms with Crippen molar-refractivity contribution in [1.82, 2.24) is 0 Å². The lowest BCUT2D eigenvalue weighted by Gasteiger charge is -2.49. The first-order chi connectivity index (χ1) is 24.6. The highest BCUT2D eigenvalue weighted by Gasteiger charge is 2.47. The summed E-state index contributed by atoms with van der Waals surface area (Å²) in [5.41, 5.74) is 3.95. The average Bonchev–Trinajstić information content (AvgIpc) is 3.86. The van der Waals surface area contributed by atoms with Crippen LogP contribution >= 0.6 is 0 Å². The van der Waals surface area contributed by atoms with Crippen molar-refractivity contribution >= 4 is 0 Å². The third-order valence-corrected chi connectivity index (χ3v) is 17.3. The van der Waals surface area contributed by atoms with Gasteiger partial charge in [-0.25, -0.2) is 0 Å². The van der Waals surface area contributed by atoms with Crippen LogP contribution in [0.3, 0.4) is 0 Å². The molecule has 0 saturated heterocycles. The minimum Gasteiger partial charge on any atom is -0.0622 e. The maximum atomic E-state index is 2.39. The molecule has 6 fully saturated rings. The smallest absolute Gasteiger partial charge is 0.0251 e. The minimum absolute atomic E-state index is 0.580. The highest BCUT2D eigenvalue weighted by Crippen LogP contribution is 2.57. The Morgan fingerprint density at radius 1 is 0.278 bits per heavy atom. The summed E-state index contributed by atoms with van der Waals surface area (Å²) in [5.74, 6) is 8.43. The van der Waals surface area contributed by atoms with E-state index in [9.17, 15) is 0 Å². The molecule has 6 aliphatic rings. The number of rotatable bonds is 6. The Labute approximate surface area is 345 Å². The Kier molecular flexibility index (Phi) is 21.0. The first-order valence-corrected chi connectivity index (χ1v) is 24.6. The summed E-state index contributed by atoms with van der Waals surface area (Å²) in [7, 11) is 0. The third-order valence-electron chi connectivity index (χ3n) is 17.3. The van der Waals surface area contributed by atoms with Crippen molar-refractivity contribution in [1.29, 1.82) is 0 Å². The second-order valence-electron chi connectivity index (χ2n) is 25.2. The molecular weight excluding hydrogens is 649 g/mol. The van der Waals surface area contributed by atoms with E-state index in [0.29, 0.717) is 21.7 Å². The Balaban J connectivity index is 0.000000326. The molecule has 0 spiro atoms. The zero-order valence-electron chi connectivity index (χ0n) is 41.9. The van der Waals surface area contributed by atoms with Gasteiger partial charge in [0, 0.05) is 0 Å². The van der Waals surface area contributed by atoms with Crippen molar-refractivity contribution in [3.05, 3.63) is 0 Å². The topological polar surface area (TPSA) is 0 Å². The van der Waals surface area contributed by atoms with Crippen molar-refractivity contribution < 1.29 is 0 Å². The van der Waals surface area contributed by atoms with Crippen LogP contribution in [0.25, 0.3) is 0 Å². The molecular formula is C54H108. The summed E-state index contributed by atoms with van der Waals surface area (Å²) in [6.45, 7) is 49.6. The molecule has 0 aromatic heterocycles. The van der Waals surface area contributed by atoms with Gasteiger partial charge in [0.15, 0.2) is 0 Å². The highest BCUT2D eigenvalue weighted by atomic mass is 14.5. The van der Waals surface area contributed by atoms with E-state index in [1.807, 2.05) is 0 Å². The van der Waals surface area contributed by atoms with E-state index in [4.69, 9.17) is 0 Å². The van der Waals surface area contributed by atoms with E-state index < -0.39 is 0 Å². The van der Waals surface area contributed by atoms with Gasteiger partial charge < -0.3 is 0 Å². The van der Waals surface area contributed by atoms with Crippen LogP contribution in [-0.2, 0) is 0 Å². The van der Waals surface area contributed by atoms with Crippen LogP contribution in [-0.4, -0.2) is 0 Å². The van der Waals surface area contributed by atoms with Gasteiger partial charge in [0.1, 0.15) is 0 Å². The van der Waals surface area contributed by atoms with Gasteiger partial charge in [-0.05, 0) is 163 Å². The van der Waals surface area contributed by atoms with Gasteiger partial charge in [0.05, 0.1) is 0 Å². The third kappa shape index (κ3) is 16.0. The van der Waals surface area contributed by atoms with Crippen LogP contribution in [0.5, 0.6) is 0 Å². The lowest BCUT2D eigenvalue weighted by atomic mass is 9.56. The molecule has 0 atom stereocenters. The van der Waals surface area contributed by atoms with Gasteiger partial charge >= 0.3 is 0 Å². The van der Waals surface area contributed by atoms with E-state index in [1.54, 1.807) is 0 Å². The summed E-state index contributed by atoms with van der Waals surface area (Å²) in [4.78, 5) is 0. The van der Waals surface area contributed by atoms with Crippen molar-refractivity contribution in [2.24, 2.45) is 85.8 Å². The standard InChI is InChI=1S/C11H22.C10H20.2C9H18.C8H16.C7H14/c1-9(2)11(10(3)4)7-5-6-8-11;1-8(2)10(9(3)4)6-5-7-10;1-7(2)9(5-6-9)8(3)4;1-9(2,3)8-6-4-5-7-8;1-8(2,3)7-5-4-6-7;1-7(2,3)6-4-5-6/h9-10H,5-8H2,1-4H3;8-9H,5-7H2,1-4H3;7-8H,5-6H2,1-4H3;8H,4-7H2,1-3H3;7H,4-6H2,1-3H3;6H,4-5H2,1-3H3. The van der Waals surface area contributed by atoms with Gasteiger partial charge in [-0.15, -0.1) is 0 Å². The Hall–Kier alpha value is 0. The summed E-state index contributed by atoms with van der Waals surface area (Å²) < 4.78 is 0. The molecule has 0 N–H and O–H groups in total. The minimum atomic E-state index is 0.580. The van der Waals surface area contributed by atoms with Crippen molar-refractivity contribution in [2.75, 3.05) is 0 Å². The molecule has 0 aliphatic heterocycles. The van der Waals surface area contributed by atoms with Gasteiger partial charge in [-0.2, -0.15) is 0 Å². The first kappa shape index (κ1) is 52.0. The SMILES string of the molecule is CC(C)(C)C1CC1.CC(C)(C)C1CCC1.CC(C)(C)C1CCCC1.CC(C)C1(C(C)C)CC1.CC(C)C1(C(C)C)CCC1.CC(C)C1(C(C)C)CCCC1. The Morgan fingerprint density at radius 2 is 0.500 bits per heavy atom. The lowest BCUT2D eigenvalue weighted by molar-refractivity contribution is 0.0135. The quantitative estimate of drug-likeness (QED) is 0.253. The second kappa shape index (κ2) is 21.8. The first-order valence-electron chi connectivity index (χ1n) is 24.6. The van der Waals surface area contributed by atoms with Crippen LogP contribution in [0.1, 0.15) is 261 Å². The normalized spacial score (nSPS) is 23.2. The molecule has 0 unspecified atom stereocenters. The van der Waals surface area contributed by atoms with Gasteiger partial charge in [-0.1, -0.05) is 184 Å². The largest absolute Gasteiger partial charge is 0.0622 e. The van der Waals surface area contributed by atoms with E-state index >= 15 is 0 Å². The molecule has 6 saturated carbocycles. The predicted octanol–water partition coefficient (Wildman–Crippen LogP) is 18.9. The zero-order chi connectivity index (χ0) is 41.9. The summed E-state index contributed by atoms with van der Waals surface area (Å²) in [6.07, 6.45) is 26.5. The van der Waals surface area contributed by atoms with Gasteiger partial charge in [0.25, 0.3) is 0 Å². The Bertz CT molecular complexity index is 923. The molecule has 0 aromatic rings. The van der Waals surface area contributed by atoms with Gasteiger partial charge in [0.2, 0.25) is 0 Å². The van der Waals surface area contributed by atoms with Crippen molar-refractivity contribution in [2.45, 2.75) is 261 Å². The van der Waals surface area contributed by atoms with E-state index in [-0.39, 0.29) is 0 Å². The fourth-order valence-corrected chi connectivity index (χ4v) is 11.2. The fraction of sp³-hybridized carbons (Fsp3) is 1.00. The van der Waals surface area contributed by atoms with E-state index in [1.165, 1.54) is 116 Å². The summed E-state index contributed by atoms with van der Waals surface area (Å²) in [6, 6.07) is 0. The highest BCUT2D eigenvalue weighted by molar-refractivity contribution is 4.97. The van der Waals surface area contributed by atoms with Gasteiger partial charge in [-0.3, -0.25) is 0 Å². The summed E-state index contributed by atoms with van der Waals surface area (Å²) >= 11 is 0. The fourth-order valence-electron chi connectivity index (χ4n) is 11.2. The van der Waals surface area contributed by atoms with Crippen LogP contribution in [0.15, 0.2) is 0 Å².